The molecule has 0 saturated heterocycles. The third-order valence-electron chi connectivity index (χ3n) is 2.63. The van der Waals surface area contributed by atoms with Crippen molar-refractivity contribution in [2.24, 2.45) is 0 Å². The summed E-state index contributed by atoms with van der Waals surface area (Å²) in [4.78, 5) is 0. The second-order valence-corrected chi connectivity index (χ2v) is 4.12. The number of hydrogen-bond donors (Lipinski definition) is 0. The Balaban J connectivity index is 2.36. The molecule has 0 aliphatic rings. The van der Waals surface area contributed by atoms with Gasteiger partial charge in [0.1, 0.15) is 5.75 Å². The molecular formula is C14H8F6O. The molecule has 0 atom stereocenters. The molecule has 7 heteroatoms. The lowest BCUT2D eigenvalue weighted by atomic mass is 9.99. The van der Waals surface area contributed by atoms with E-state index >= 15 is 0 Å². The van der Waals surface area contributed by atoms with Gasteiger partial charge in [-0.15, -0.1) is 13.2 Å². The van der Waals surface area contributed by atoms with E-state index in [-0.39, 0.29) is 11.1 Å². The van der Waals surface area contributed by atoms with Crippen LogP contribution in [0.4, 0.5) is 26.3 Å². The number of alkyl halides is 6. The minimum absolute atomic E-state index is 0.108. The van der Waals surface area contributed by atoms with Gasteiger partial charge >= 0.3 is 12.5 Å². The van der Waals surface area contributed by atoms with Crippen molar-refractivity contribution in [1.29, 1.82) is 0 Å². The van der Waals surface area contributed by atoms with Crippen molar-refractivity contribution >= 4 is 0 Å². The minimum Gasteiger partial charge on any atom is -0.406 e. The van der Waals surface area contributed by atoms with Crippen LogP contribution >= 0.6 is 0 Å². The molecule has 0 radical (unpaired) electrons. The molecule has 0 spiro atoms. The summed E-state index contributed by atoms with van der Waals surface area (Å²) in [5.74, 6) is -0.490. The van der Waals surface area contributed by atoms with Crippen LogP contribution < -0.4 is 4.74 Å². The molecule has 0 saturated carbocycles. The standard InChI is InChI=1S/C14H8F6O/c15-13(16,17)12-4-2-1-3-11(12)9-5-7-10(8-6-9)21-14(18,19)20/h1-8H. The summed E-state index contributed by atoms with van der Waals surface area (Å²) in [6, 6.07) is 9.05. The highest BCUT2D eigenvalue weighted by Crippen LogP contribution is 2.37. The molecule has 2 aromatic carbocycles. The fraction of sp³-hybridized carbons (Fsp3) is 0.143. The van der Waals surface area contributed by atoms with E-state index < -0.39 is 23.9 Å². The van der Waals surface area contributed by atoms with Gasteiger partial charge < -0.3 is 4.74 Å². The van der Waals surface area contributed by atoms with Crippen LogP contribution in [-0.2, 0) is 6.18 Å². The average Bonchev–Trinajstić information content (AvgIpc) is 2.37. The van der Waals surface area contributed by atoms with Crippen LogP contribution in [0.25, 0.3) is 11.1 Å². The summed E-state index contributed by atoms with van der Waals surface area (Å²) in [5.41, 5.74) is -0.810. The zero-order valence-electron chi connectivity index (χ0n) is 10.3. The predicted octanol–water partition coefficient (Wildman–Crippen LogP) is 5.27. The molecule has 0 N–H and O–H groups in total. The van der Waals surface area contributed by atoms with Gasteiger partial charge in [-0.05, 0) is 29.3 Å². The van der Waals surface area contributed by atoms with E-state index in [1.165, 1.54) is 18.2 Å². The normalized spacial score (nSPS) is 12.3. The summed E-state index contributed by atoms with van der Waals surface area (Å²) < 4.78 is 78.3. The Morgan fingerprint density at radius 3 is 1.81 bits per heavy atom. The Labute approximate surface area is 115 Å². The van der Waals surface area contributed by atoms with Gasteiger partial charge in [0.25, 0.3) is 0 Å². The second kappa shape index (κ2) is 5.31. The van der Waals surface area contributed by atoms with Gasteiger partial charge in [-0.2, -0.15) is 13.2 Å². The zero-order valence-corrected chi connectivity index (χ0v) is 10.3. The highest BCUT2D eigenvalue weighted by molar-refractivity contribution is 5.68. The highest BCUT2D eigenvalue weighted by Gasteiger charge is 2.33. The monoisotopic (exact) mass is 306 g/mol. The van der Waals surface area contributed by atoms with Gasteiger partial charge in [-0.3, -0.25) is 0 Å². The topological polar surface area (TPSA) is 9.23 Å². The first-order valence-corrected chi connectivity index (χ1v) is 5.69. The maximum Gasteiger partial charge on any atom is 0.573 e. The third-order valence-corrected chi connectivity index (χ3v) is 2.63. The average molecular weight is 306 g/mol. The number of halogens is 6. The van der Waals surface area contributed by atoms with E-state index in [4.69, 9.17) is 0 Å². The molecule has 0 aromatic heterocycles. The van der Waals surface area contributed by atoms with Crippen LogP contribution in [0, 0.1) is 0 Å². The van der Waals surface area contributed by atoms with E-state index in [9.17, 15) is 26.3 Å². The largest absolute Gasteiger partial charge is 0.573 e. The molecule has 0 heterocycles. The Hall–Kier alpha value is -2.18. The maximum absolute atomic E-state index is 12.9. The van der Waals surface area contributed by atoms with E-state index in [0.29, 0.717) is 0 Å². The lowest BCUT2D eigenvalue weighted by Crippen LogP contribution is -2.16. The smallest absolute Gasteiger partial charge is 0.406 e. The van der Waals surface area contributed by atoms with Crippen LogP contribution in [0.3, 0.4) is 0 Å². The van der Waals surface area contributed by atoms with Gasteiger partial charge in [0, 0.05) is 0 Å². The summed E-state index contributed by atoms with van der Waals surface area (Å²) >= 11 is 0. The molecule has 0 aliphatic heterocycles. The molecule has 0 bridgehead atoms. The van der Waals surface area contributed by atoms with E-state index in [2.05, 4.69) is 4.74 Å². The Bertz CT molecular complexity index is 613. The quantitative estimate of drug-likeness (QED) is 0.687. The van der Waals surface area contributed by atoms with Gasteiger partial charge in [0.15, 0.2) is 0 Å². The molecule has 2 aromatic rings. The summed E-state index contributed by atoms with van der Waals surface area (Å²) in [5, 5.41) is 0. The number of benzene rings is 2. The molecule has 0 unspecified atom stereocenters. The van der Waals surface area contributed by atoms with Crippen molar-refractivity contribution in [1.82, 2.24) is 0 Å². The van der Waals surface area contributed by atoms with Crippen LogP contribution in [0.1, 0.15) is 5.56 Å². The summed E-state index contributed by atoms with van der Waals surface area (Å²) in [6.07, 6.45) is -9.39. The first-order valence-electron chi connectivity index (χ1n) is 5.69. The highest BCUT2D eigenvalue weighted by atomic mass is 19.4. The summed E-state index contributed by atoms with van der Waals surface area (Å²) in [7, 11) is 0. The first kappa shape index (κ1) is 15.2. The molecule has 0 fully saturated rings. The zero-order chi connectivity index (χ0) is 15.7. The molecule has 21 heavy (non-hydrogen) atoms. The fourth-order valence-corrected chi connectivity index (χ4v) is 1.82. The van der Waals surface area contributed by atoms with Gasteiger partial charge in [-0.25, -0.2) is 0 Å². The van der Waals surface area contributed by atoms with Crippen LogP contribution in [-0.4, -0.2) is 6.36 Å². The van der Waals surface area contributed by atoms with Crippen molar-refractivity contribution < 1.29 is 31.1 Å². The molecule has 1 nitrogen and oxygen atoms in total. The Kier molecular flexibility index (Phi) is 3.85. The predicted molar refractivity (Wildman–Crippen MR) is 63.6 cm³/mol. The molecule has 0 amide bonds. The van der Waals surface area contributed by atoms with Crippen LogP contribution in [0.5, 0.6) is 5.75 Å². The van der Waals surface area contributed by atoms with E-state index in [1.807, 2.05) is 0 Å². The minimum atomic E-state index is -4.84. The van der Waals surface area contributed by atoms with Gasteiger partial charge in [0.05, 0.1) is 5.56 Å². The van der Waals surface area contributed by atoms with E-state index in [1.54, 1.807) is 0 Å². The number of hydrogen-bond acceptors (Lipinski definition) is 1. The van der Waals surface area contributed by atoms with Crippen molar-refractivity contribution in [3.8, 4) is 16.9 Å². The lowest BCUT2D eigenvalue weighted by molar-refractivity contribution is -0.274. The first-order chi connectivity index (χ1) is 9.67. The number of ether oxygens (including phenoxy) is 1. The van der Waals surface area contributed by atoms with Gasteiger partial charge in [0.2, 0.25) is 0 Å². The SMILES string of the molecule is FC(F)(F)Oc1ccc(-c2ccccc2C(F)(F)F)cc1. The molecule has 0 aliphatic carbocycles. The molecule has 2 rings (SSSR count). The van der Waals surface area contributed by atoms with Crippen molar-refractivity contribution in [3.05, 3.63) is 54.1 Å². The van der Waals surface area contributed by atoms with Crippen LogP contribution in [0.2, 0.25) is 0 Å². The Morgan fingerprint density at radius 1 is 0.714 bits per heavy atom. The lowest BCUT2D eigenvalue weighted by Gasteiger charge is -2.13. The summed E-state index contributed by atoms with van der Waals surface area (Å²) in [6.45, 7) is 0. The third kappa shape index (κ3) is 3.90. The molecular weight excluding hydrogens is 298 g/mol. The maximum atomic E-state index is 12.9. The van der Waals surface area contributed by atoms with Crippen molar-refractivity contribution in [3.63, 3.8) is 0 Å². The molecule has 112 valence electrons. The fourth-order valence-electron chi connectivity index (χ4n) is 1.82. The Morgan fingerprint density at radius 2 is 1.29 bits per heavy atom. The van der Waals surface area contributed by atoms with E-state index in [0.717, 1.165) is 30.3 Å². The number of rotatable bonds is 2. The van der Waals surface area contributed by atoms with Crippen LogP contribution in [0.15, 0.2) is 48.5 Å². The van der Waals surface area contributed by atoms with Gasteiger partial charge in [-0.1, -0.05) is 30.3 Å². The van der Waals surface area contributed by atoms with Crippen molar-refractivity contribution in [2.75, 3.05) is 0 Å². The van der Waals surface area contributed by atoms with Crippen molar-refractivity contribution in [2.45, 2.75) is 12.5 Å². The second-order valence-electron chi connectivity index (χ2n) is 4.12.